The lowest BCUT2D eigenvalue weighted by Crippen LogP contribution is -1.89. The molecule has 0 N–H and O–H groups in total. The lowest BCUT2D eigenvalue weighted by molar-refractivity contribution is 1.03. The number of aromatic nitrogens is 3. The fraction of sp³-hybridized carbons (Fsp3) is 0. The van der Waals surface area contributed by atoms with Gasteiger partial charge in [0.2, 0.25) is 5.28 Å². The largest absolute Gasteiger partial charge is 0.276 e. The van der Waals surface area contributed by atoms with E-state index in [1.807, 2.05) is 18.3 Å². The van der Waals surface area contributed by atoms with Crippen LogP contribution < -0.4 is 0 Å². The van der Waals surface area contributed by atoms with Crippen LogP contribution >= 0.6 is 11.6 Å². The first-order chi connectivity index (χ1) is 4.88. The third-order valence-electron chi connectivity index (χ3n) is 1.28. The Hall–Kier alpha value is -1.09. The highest BCUT2D eigenvalue weighted by Crippen LogP contribution is 2.06. The van der Waals surface area contributed by atoms with Crippen molar-refractivity contribution in [2.24, 2.45) is 0 Å². The summed E-state index contributed by atoms with van der Waals surface area (Å²) in [7, 11) is 0. The van der Waals surface area contributed by atoms with Gasteiger partial charge in [0.05, 0.1) is 0 Å². The van der Waals surface area contributed by atoms with Crippen LogP contribution in [0.5, 0.6) is 0 Å². The van der Waals surface area contributed by atoms with E-state index in [1.54, 1.807) is 4.40 Å². The summed E-state index contributed by atoms with van der Waals surface area (Å²) < 4.78 is 1.71. The second-order valence-corrected chi connectivity index (χ2v) is 2.22. The Kier molecular flexibility index (Phi) is 1.11. The molecular weight excluding hydrogens is 150 g/mol. The van der Waals surface area contributed by atoms with Gasteiger partial charge in [0.25, 0.3) is 0 Å². The molecule has 0 bridgehead atoms. The maximum Gasteiger partial charge on any atom is 0.209 e. The van der Waals surface area contributed by atoms with Crippen molar-refractivity contribution >= 4 is 17.2 Å². The molecule has 2 rings (SSSR count). The number of hydrogen-bond acceptors (Lipinski definition) is 2. The average Bonchev–Trinajstić information content (AvgIpc) is 2.36. The third-order valence-corrected chi connectivity index (χ3v) is 1.56. The SMILES string of the molecule is Clc1ncnc2cccn12. The topological polar surface area (TPSA) is 30.2 Å². The van der Waals surface area contributed by atoms with Gasteiger partial charge < -0.3 is 0 Å². The fourth-order valence-electron chi connectivity index (χ4n) is 0.831. The van der Waals surface area contributed by atoms with Crippen molar-refractivity contribution in [1.82, 2.24) is 14.4 Å². The zero-order valence-corrected chi connectivity index (χ0v) is 5.78. The molecule has 0 aliphatic rings. The number of hydrogen-bond donors (Lipinski definition) is 0. The van der Waals surface area contributed by atoms with Gasteiger partial charge in [-0.3, -0.25) is 4.40 Å². The van der Waals surface area contributed by atoms with Gasteiger partial charge in [0, 0.05) is 6.20 Å². The second-order valence-electron chi connectivity index (χ2n) is 1.88. The van der Waals surface area contributed by atoms with Gasteiger partial charge in [-0.05, 0) is 23.7 Å². The number of fused-ring (bicyclic) bond motifs is 1. The normalized spacial score (nSPS) is 10.5. The summed E-state index contributed by atoms with van der Waals surface area (Å²) in [6.07, 6.45) is 3.26. The molecule has 0 aliphatic heterocycles. The Balaban J connectivity index is 2.95. The minimum Gasteiger partial charge on any atom is -0.276 e. The number of rotatable bonds is 0. The van der Waals surface area contributed by atoms with Gasteiger partial charge >= 0.3 is 0 Å². The summed E-state index contributed by atoms with van der Waals surface area (Å²) in [5.74, 6) is 0. The molecule has 0 saturated heterocycles. The van der Waals surface area contributed by atoms with Crippen LogP contribution in [-0.2, 0) is 0 Å². The lowest BCUT2D eigenvalue weighted by Gasteiger charge is -1.92. The molecule has 4 heteroatoms. The van der Waals surface area contributed by atoms with Crippen LogP contribution in [0.25, 0.3) is 5.65 Å². The maximum absolute atomic E-state index is 5.71. The Bertz CT molecular complexity index is 355. The van der Waals surface area contributed by atoms with Crippen molar-refractivity contribution < 1.29 is 0 Å². The second kappa shape index (κ2) is 1.95. The smallest absolute Gasteiger partial charge is 0.209 e. The highest BCUT2D eigenvalue weighted by Gasteiger charge is 1.95. The molecule has 2 aromatic heterocycles. The molecule has 0 aliphatic carbocycles. The molecule has 2 heterocycles. The molecule has 0 fully saturated rings. The predicted octanol–water partition coefficient (Wildman–Crippen LogP) is 1.38. The summed E-state index contributed by atoms with van der Waals surface area (Å²) in [6, 6.07) is 3.74. The highest BCUT2D eigenvalue weighted by molar-refractivity contribution is 6.28. The van der Waals surface area contributed by atoms with Gasteiger partial charge in [-0.1, -0.05) is 0 Å². The van der Waals surface area contributed by atoms with Crippen molar-refractivity contribution in [3.8, 4) is 0 Å². The monoisotopic (exact) mass is 153 g/mol. The lowest BCUT2D eigenvalue weighted by atomic mass is 10.6. The van der Waals surface area contributed by atoms with E-state index in [0.29, 0.717) is 5.28 Å². The molecule has 50 valence electrons. The molecule has 0 spiro atoms. The van der Waals surface area contributed by atoms with Crippen LogP contribution in [0.2, 0.25) is 5.28 Å². The number of halogens is 1. The average molecular weight is 154 g/mol. The number of nitrogens with zero attached hydrogens (tertiary/aromatic N) is 3. The predicted molar refractivity (Wildman–Crippen MR) is 38.0 cm³/mol. The minimum atomic E-state index is 0.440. The van der Waals surface area contributed by atoms with Gasteiger partial charge in [-0.25, -0.2) is 9.97 Å². The van der Waals surface area contributed by atoms with Crippen molar-refractivity contribution in [3.05, 3.63) is 29.9 Å². The molecule has 0 radical (unpaired) electrons. The van der Waals surface area contributed by atoms with E-state index >= 15 is 0 Å². The summed E-state index contributed by atoms with van der Waals surface area (Å²) in [4.78, 5) is 7.77. The summed E-state index contributed by atoms with van der Waals surface area (Å²) in [5, 5.41) is 0.440. The van der Waals surface area contributed by atoms with E-state index in [4.69, 9.17) is 11.6 Å². The first-order valence-corrected chi connectivity index (χ1v) is 3.19. The molecule has 0 saturated carbocycles. The van der Waals surface area contributed by atoms with E-state index in [0.717, 1.165) is 5.65 Å². The van der Waals surface area contributed by atoms with E-state index < -0.39 is 0 Å². The van der Waals surface area contributed by atoms with Gasteiger partial charge in [-0.2, -0.15) is 0 Å². The van der Waals surface area contributed by atoms with Crippen LogP contribution in [-0.4, -0.2) is 14.4 Å². The van der Waals surface area contributed by atoms with Gasteiger partial charge in [-0.15, -0.1) is 0 Å². The van der Waals surface area contributed by atoms with Crippen molar-refractivity contribution in [2.45, 2.75) is 0 Å². The van der Waals surface area contributed by atoms with Crippen LogP contribution in [0.3, 0.4) is 0 Å². The molecule has 0 amide bonds. The molecule has 2 aromatic rings. The Morgan fingerprint density at radius 3 is 3.10 bits per heavy atom. The molecule has 0 atom stereocenters. The molecular formula is C6H4ClN3. The maximum atomic E-state index is 5.71. The Labute approximate surface area is 62.3 Å². The standard InChI is InChI=1S/C6H4ClN3/c7-6-9-4-8-5-2-1-3-10(5)6/h1-4H. The third kappa shape index (κ3) is 0.675. The molecule has 10 heavy (non-hydrogen) atoms. The Morgan fingerprint density at radius 1 is 1.40 bits per heavy atom. The van der Waals surface area contributed by atoms with E-state index in [1.165, 1.54) is 6.33 Å². The molecule has 3 nitrogen and oxygen atoms in total. The first kappa shape index (κ1) is 5.68. The zero-order valence-electron chi connectivity index (χ0n) is 5.03. The van der Waals surface area contributed by atoms with Gasteiger partial charge in [0.15, 0.2) is 0 Å². The molecule has 0 aromatic carbocycles. The van der Waals surface area contributed by atoms with Crippen LogP contribution in [0.1, 0.15) is 0 Å². The highest BCUT2D eigenvalue weighted by atomic mass is 35.5. The first-order valence-electron chi connectivity index (χ1n) is 2.81. The van der Waals surface area contributed by atoms with E-state index in [9.17, 15) is 0 Å². The minimum absolute atomic E-state index is 0.440. The van der Waals surface area contributed by atoms with E-state index in [-0.39, 0.29) is 0 Å². The summed E-state index contributed by atoms with van der Waals surface area (Å²) in [5.41, 5.74) is 0.819. The molecule has 0 unspecified atom stereocenters. The van der Waals surface area contributed by atoms with Gasteiger partial charge in [0.1, 0.15) is 12.0 Å². The van der Waals surface area contributed by atoms with Crippen LogP contribution in [0, 0.1) is 0 Å². The van der Waals surface area contributed by atoms with Crippen LogP contribution in [0.4, 0.5) is 0 Å². The Morgan fingerprint density at radius 2 is 2.30 bits per heavy atom. The summed E-state index contributed by atoms with van der Waals surface area (Å²) >= 11 is 5.71. The van der Waals surface area contributed by atoms with E-state index in [2.05, 4.69) is 9.97 Å². The van der Waals surface area contributed by atoms with Crippen molar-refractivity contribution in [1.29, 1.82) is 0 Å². The fourth-order valence-corrected chi connectivity index (χ4v) is 1.02. The zero-order chi connectivity index (χ0) is 6.97. The summed E-state index contributed by atoms with van der Waals surface area (Å²) in [6.45, 7) is 0. The van der Waals surface area contributed by atoms with Crippen molar-refractivity contribution in [3.63, 3.8) is 0 Å². The quantitative estimate of drug-likeness (QED) is 0.573. The van der Waals surface area contributed by atoms with Crippen molar-refractivity contribution in [2.75, 3.05) is 0 Å². The van der Waals surface area contributed by atoms with Crippen LogP contribution in [0.15, 0.2) is 24.7 Å².